The van der Waals surface area contributed by atoms with E-state index in [0.29, 0.717) is 5.76 Å². The molecule has 0 fully saturated rings. The van der Waals surface area contributed by atoms with E-state index in [9.17, 15) is 18.0 Å². The van der Waals surface area contributed by atoms with Gasteiger partial charge in [0, 0.05) is 0 Å². The predicted octanol–water partition coefficient (Wildman–Crippen LogP) is 1.40. The van der Waals surface area contributed by atoms with Gasteiger partial charge in [-0.1, -0.05) is 0 Å². The van der Waals surface area contributed by atoms with Crippen molar-refractivity contribution in [3.63, 3.8) is 0 Å². The van der Waals surface area contributed by atoms with Gasteiger partial charge in [0.15, 0.2) is 0 Å². The minimum absolute atomic E-state index is 0.305. The number of hydrogen-bond donors (Lipinski definition) is 2. The summed E-state index contributed by atoms with van der Waals surface area (Å²) in [5.41, 5.74) is 0. The highest BCUT2D eigenvalue weighted by atomic mass is 19.4. The maximum Gasteiger partial charge on any atom is 0.411 e. The van der Waals surface area contributed by atoms with E-state index in [4.69, 9.17) is 9.52 Å². The molecule has 0 saturated carbocycles. The first-order valence-electron chi connectivity index (χ1n) is 5.46. The first-order chi connectivity index (χ1) is 8.83. The van der Waals surface area contributed by atoms with Gasteiger partial charge in [0.25, 0.3) is 0 Å². The van der Waals surface area contributed by atoms with Crippen LogP contribution in [0.4, 0.5) is 13.2 Å². The zero-order valence-electron chi connectivity index (χ0n) is 10.1. The molecule has 5 nitrogen and oxygen atoms in total. The number of carbonyl (C=O) groups excluding carboxylic acids is 1. The number of hydrogen-bond acceptors (Lipinski definition) is 4. The number of nitrogens with one attached hydrogen (secondary N) is 1. The number of carbonyl (C=O) groups is 1. The van der Waals surface area contributed by atoms with Gasteiger partial charge >= 0.3 is 6.18 Å². The van der Waals surface area contributed by atoms with Crippen molar-refractivity contribution < 1.29 is 32.2 Å². The third kappa shape index (κ3) is 5.31. The number of rotatable bonds is 6. The highest BCUT2D eigenvalue weighted by molar-refractivity contribution is 5.80. The van der Waals surface area contributed by atoms with Crippen LogP contribution in [-0.2, 0) is 9.53 Å². The average Bonchev–Trinajstić information content (AvgIpc) is 2.85. The van der Waals surface area contributed by atoms with E-state index in [1.54, 1.807) is 6.07 Å². The van der Waals surface area contributed by atoms with E-state index in [1.165, 1.54) is 19.3 Å². The topological polar surface area (TPSA) is 71.7 Å². The second kappa shape index (κ2) is 6.58. The predicted molar refractivity (Wildman–Crippen MR) is 58.1 cm³/mol. The van der Waals surface area contributed by atoms with Gasteiger partial charge in [-0.05, 0) is 19.1 Å². The Labute approximate surface area is 107 Å². The largest absolute Gasteiger partial charge is 0.467 e. The van der Waals surface area contributed by atoms with Gasteiger partial charge in [0.2, 0.25) is 5.91 Å². The minimum atomic E-state index is -4.49. The summed E-state index contributed by atoms with van der Waals surface area (Å²) in [7, 11) is 0. The lowest BCUT2D eigenvalue weighted by Crippen LogP contribution is -2.39. The van der Waals surface area contributed by atoms with Gasteiger partial charge in [0.05, 0.1) is 12.9 Å². The van der Waals surface area contributed by atoms with Crippen LogP contribution in [0.3, 0.4) is 0 Å². The van der Waals surface area contributed by atoms with Crippen LogP contribution >= 0.6 is 0 Å². The normalized spacial score (nSPS) is 15.0. The summed E-state index contributed by atoms with van der Waals surface area (Å²) in [6.07, 6.45) is -4.43. The summed E-state index contributed by atoms with van der Waals surface area (Å²) < 4.78 is 45.1. The third-order valence-electron chi connectivity index (χ3n) is 2.25. The van der Waals surface area contributed by atoms with Crippen molar-refractivity contribution >= 4 is 5.91 Å². The van der Waals surface area contributed by atoms with Gasteiger partial charge < -0.3 is 19.6 Å². The number of furan rings is 1. The molecule has 0 saturated heterocycles. The van der Waals surface area contributed by atoms with Gasteiger partial charge in [-0.15, -0.1) is 0 Å². The molecular weight excluding hydrogens is 267 g/mol. The van der Waals surface area contributed by atoms with Crippen LogP contribution in [0.15, 0.2) is 22.8 Å². The summed E-state index contributed by atoms with van der Waals surface area (Å²) >= 11 is 0. The Kier molecular flexibility index (Phi) is 5.37. The number of aliphatic hydroxyl groups is 1. The Hall–Kier alpha value is -1.54. The Morgan fingerprint density at radius 3 is 2.74 bits per heavy atom. The molecule has 0 aliphatic rings. The van der Waals surface area contributed by atoms with E-state index in [0.717, 1.165) is 0 Å². The number of aliphatic hydroxyl groups excluding tert-OH is 1. The van der Waals surface area contributed by atoms with Crippen molar-refractivity contribution in [3.8, 4) is 0 Å². The molecule has 108 valence electrons. The second-order valence-corrected chi connectivity index (χ2v) is 3.83. The number of amides is 1. The van der Waals surface area contributed by atoms with Crippen molar-refractivity contribution in [2.24, 2.45) is 0 Å². The quantitative estimate of drug-likeness (QED) is 0.826. The fourth-order valence-corrected chi connectivity index (χ4v) is 1.28. The molecular formula is C11H14F3NO4. The first kappa shape index (κ1) is 15.5. The Balaban J connectivity index is 2.49. The first-order valence-corrected chi connectivity index (χ1v) is 5.46. The van der Waals surface area contributed by atoms with Crippen molar-refractivity contribution in [1.29, 1.82) is 0 Å². The molecule has 0 radical (unpaired) electrons. The van der Waals surface area contributed by atoms with Gasteiger partial charge in [-0.3, -0.25) is 4.79 Å². The summed E-state index contributed by atoms with van der Waals surface area (Å²) in [6, 6.07) is 2.27. The van der Waals surface area contributed by atoms with Crippen LogP contribution in [0.25, 0.3) is 0 Å². The summed E-state index contributed by atoms with van der Waals surface area (Å²) in [6.45, 7) is -0.755. The zero-order valence-corrected chi connectivity index (χ0v) is 10.1. The Morgan fingerprint density at radius 2 is 2.26 bits per heavy atom. The van der Waals surface area contributed by atoms with E-state index in [2.05, 4.69) is 10.1 Å². The van der Waals surface area contributed by atoms with Gasteiger partial charge in [-0.25, -0.2) is 0 Å². The van der Waals surface area contributed by atoms with Crippen molar-refractivity contribution in [2.45, 2.75) is 25.2 Å². The summed E-state index contributed by atoms with van der Waals surface area (Å²) in [4.78, 5) is 11.6. The Bertz CT molecular complexity index is 391. The van der Waals surface area contributed by atoms with E-state index >= 15 is 0 Å². The molecule has 0 aliphatic heterocycles. The van der Waals surface area contributed by atoms with Crippen LogP contribution in [0, 0.1) is 0 Å². The van der Waals surface area contributed by atoms with Crippen LogP contribution in [0.1, 0.15) is 18.7 Å². The fourth-order valence-electron chi connectivity index (χ4n) is 1.28. The van der Waals surface area contributed by atoms with Crippen LogP contribution in [0.5, 0.6) is 0 Å². The van der Waals surface area contributed by atoms with E-state index in [-0.39, 0.29) is 0 Å². The lowest BCUT2D eigenvalue weighted by molar-refractivity contribution is -0.186. The molecule has 2 unspecified atom stereocenters. The van der Waals surface area contributed by atoms with Crippen molar-refractivity contribution in [1.82, 2.24) is 5.32 Å². The smallest absolute Gasteiger partial charge is 0.411 e. The molecule has 1 heterocycles. The molecule has 19 heavy (non-hydrogen) atoms. The maximum atomic E-state index is 11.9. The average molecular weight is 281 g/mol. The summed E-state index contributed by atoms with van der Waals surface area (Å²) in [5.74, 6) is -0.460. The van der Waals surface area contributed by atoms with Crippen molar-refractivity contribution in [2.75, 3.05) is 13.2 Å². The standard InChI is InChI=1S/C11H14F3NO4/c1-7(19-6-11(12,13)14)10(17)15-8(5-16)9-3-2-4-18-9/h2-4,7-8,16H,5-6H2,1H3,(H,15,17). The number of ether oxygens (including phenoxy) is 1. The molecule has 1 aromatic rings. The Morgan fingerprint density at radius 1 is 1.58 bits per heavy atom. The molecule has 8 heteroatoms. The fraction of sp³-hybridized carbons (Fsp3) is 0.545. The van der Waals surface area contributed by atoms with Crippen LogP contribution in [0.2, 0.25) is 0 Å². The maximum absolute atomic E-state index is 11.9. The van der Waals surface area contributed by atoms with Gasteiger partial charge in [-0.2, -0.15) is 13.2 Å². The summed E-state index contributed by atoms with van der Waals surface area (Å²) in [5, 5.41) is 11.4. The molecule has 0 spiro atoms. The molecule has 0 aliphatic carbocycles. The molecule has 1 amide bonds. The zero-order chi connectivity index (χ0) is 14.5. The molecule has 0 bridgehead atoms. The monoisotopic (exact) mass is 281 g/mol. The van der Waals surface area contributed by atoms with E-state index in [1.807, 2.05) is 0 Å². The number of alkyl halides is 3. The van der Waals surface area contributed by atoms with Gasteiger partial charge in [0.1, 0.15) is 24.5 Å². The second-order valence-electron chi connectivity index (χ2n) is 3.83. The van der Waals surface area contributed by atoms with Crippen LogP contribution < -0.4 is 5.32 Å². The highest BCUT2D eigenvalue weighted by Crippen LogP contribution is 2.16. The highest BCUT2D eigenvalue weighted by Gasteiger charge is 2.30. The minimum Gasteiger partial charge on any atom is -0.467 e. The molecule has 2 atom stereocenters. The number of halogens is 3. The third-order valence-corrected chi connectivity index (χ3v) is 2.25. The lowest BCUT2D eigenvalue weighted by Gasteiger charge is -2.18. The SMILES string of the molecule is CC(OCC(F)(F)F)C(=O)NC(CO)c1ccco1. The molecule has 1 aromatic heterocycles. The molecule has 0 aromatic carbocycles. The van der Waals surface area contributed by atoms with E-state index < -0.39 is 37.4 Å². The lowest BCUT2D eigenvalue weighted by atomic mass is 10.2. The van der Waals surface area contributed by atoms with Crippen molar-refractivity contribution in [3.05, 3.63) is 24.2 Å². The molecule has 2 N–H and O–H groups in total. The van der Waals surface area contributed by atoms with Crippen LogP contribution in [-0.4, -0.2) is 36.5 Å². The molecule has 1 rings (SSSR count).